The maximum Gasteiger partial charge on any atom is 0.352 e. The summed E-state index contributed by atoms with van der Waals surface area (Å²) < 4.78 is 6.09. The van der Waals surface area contributed by atoms with Crippen LogP contribution in [0.25, 0.3) is 0 Å². The number of carbonyl (C=O) groups is 2. The quantitative estimate of drug-likeness (QED) is 0.322. The van der Waals surface area contributed by atoms with E-state index in [9.17, 15) is 9.59 Å². The number of aryl methyl sites for hydroxylation is 1. The van der Waals surface area contributed by atoms with E-state index in [1.54, 1.807) is 12.1 Å². The minimum Gasteiger partial charge on any atom is -0.489 e. The number of carbonyl (C=O) groups excluding carboxylic acids is 2. The van der Waals surface area contributed by atoms with Gasteiger partial charge in [-0.2, -0.15) is 0 Å². The van der Waals surface area contributed by atoms with Crippen LogP contribution in [-0.4, -0.2) is 23.9 Å². The molecule has 1 saturated carbocycles. The molecule has 7 nitrogen and oxygen atoms in total. The van der Waals surface area contributed by atoms with Crippen LogP contribution in [0.4, 0.5) is 10.5 Å². The molecule has 3 rings (SSSR count). The number of rotatable bonds is 7. The average Bonchev–Trinajstić information content (AvgIpc) is 3.56. The molecular formula is C22H28N4O3. The highest BCUT2D eigenvalue weighted by Crippen LogP contribution is 2.44. The normalized spacial score (nSPS) is 13.1. The summed E-state index contributed by atoms with van der Waals surface area (Å²) in [4.78, 5) is 24.2. The number of nitrogens with zero attached hydrogens (tertiary/aromatic N) is 2. The number of anilines is 1. The predicted octanol–water partition coefficient (Wildman–Crippen LogP) is 3.65. The van der Waals surface area contributed by atoms with Crippen molar-refractivity contribution in [1.82, 2.24) is 5.01 Å². The van der Waals surface area contributed by atoms with Crippen molar-refractivity contribution in [3.63, 3.8) is 0 Å². The van der Waals surface area contributed by atoms with Crippen molar-refractivity contribution in [2.75, 3.05) is 12.1 Å². The number of hydrazine groups is 2. The third-order valence-electron chi connectivity index (χ3n) is 5.16. The molecule has 0 spiro atoms. The Morgan fingerprint density at radius 3 is 2.48 bits per heavy atom. The summed E-state index contributed by atoms with van der Waals surface area (Å²) in [5.41, 5.74) is 4.16. The minimum atomic E-state index is -0.516. The third-order valence-corrected chi connectivity index (χ3v) is 5.16. The highest BCUT2D eigenvalue weighted by atomic mass is 16.5. The molecule has 1 aliphatic carbocycles. The molecule has 2 aromatic carbocycles. The highest BCUT2D eigenvalue weighted by molar-refractivity contribution is 5.96. The summed E-state index contributed by atoms with van der Waals surface area (Å²) in [7, 11) is 1.45. The van der Waals surface area contributed by atoms with Gasteiger partial charge in [0.2, 0.25) is 0 Å². The SMILES string of the molecule is CCC(=O)c1ccc(OCc2c(C3CC3)cccc2N(N)C(=O)N(C)N)c(C)c1. The van der Waals surface area contributed by atoms with Crippen molar-refractivity contribution in [3.8, 4) is 5.75 Å². The van der Waals surface area contributed by atoms with E-state index in [1.807, 2.05) is 32.0 Å². The summed E-state index contributed by atoms with van der Waals surface area (Å²) in [5.74, 6) is 12.9. The number of hydrogen-bond donors (Lipinski definition) is 2. The van der Waals surface area contributed by atoms with Gasteiger partial charge in [-0.1, -0.05) is 19.1 Å². The Labute approximate surface area is 171 Å². The van der Waals surface area contributed by atoms with Gasteiger partial charge in [0.05, 0.1) is 5.69 Å². The fourth-order valence-corrected chi connectivity index (χ4v) is 3.36. The molecule has 29 heavy (non-hydrogen) atoms. The van der Waals surface area contributed by atoms with Gasteiger partial charge in [0.15, 0.2) is 5.78 Å². The fourth-order valence-electron chi connectivity index (χ4n) is 3.36. The van der Waals surface area contributed by atoms with Crippen LogP contribution in [0.5, 0.6) is 5.75 Å². The van der Waals surface area contributed by atoms with Crippen LogP contribution >= 0.6 is 0 Å². The van der Waals surface area contributed by atoms with Gasteiger partial charge in [0.1, 0.15) is 12.4 Å². The molecule has 2 aromatic rings. The maximum absolute atomic E-state index is 12.3. The van der Waals surface area contributed by atoms with Gasteiger partial charge in [-0.15, -0.1) is 0 Å². The lowest BCUT2D eigenvalue weighted by molar-refractivity contribution is 0.0988. The van der Waals surface area contributed by atoms with E-state index in [4.69, 9.17) is 16.4 Å². The summed E-state index contributed by atoms with van der Waals surface area (Å²) in [5, 5.41) is 2.00. The van der Waals surface area contributed by atoms with Crippen LogP contribution in [0, 0.1) is 6.92 Å². The Bertz CT molecular complexity index is 922. The van der Waals surface area contributed by atoms with E-state index in [2.05, 4.69) is 6.07 Å². The Kier molecular flexibility index (Phi) is 6.20. The average molecular weight is 396 g/mol. The third kappa shape index (κ3) is 4.58. The van der Waals surface area contributed by atoms with Crippen molar-refractivity contribution >= 4 is 17.5 Å². The van der Waals surface area contributed by atoms with Crippen molar-refractivity contribution in [2.24, 2.45) is 11.7 Å². The van der Waals surface area contributed by atoms with E-state index in [-0.39, 0.29) is 12.4 Å². The Hall–Kier alpha value is -2.90. The number of hydrogen-bond acceptors (Lipinski definition) is 5. The van der Waals surface area contributed by atoms with Gasteiger partial charge in [0, 0.05) is 24.6 Å². The number of ketones is 1. The van der Waals surface area contributed by atoms with E-state index in [0.717, 1.165) is 39.5 Å². The van der Waals surface area contributed by atoms with Crippen molar-refractivity contribution in [2.45, 2.75) is 45.6 Å². The summed E-state index contributed by atoms with van der Waals surface area (Å²) in [6, 6.07) is 10.7. The van der Waals surface area contributed by atoms with E-state index in [0.29, 0.717) is 29.3 Å². The molecule has 0 unspecified atom stereocenters. The first-order chi connectivity index (χ1) is 13.8. The number of benzene rings is 2. The van der Waals surface area contributed by atoms with E-state index >= 15 is 0 Å². The summed E-state index contributed by atoms with van der Waals surface area (Å²) >= 11 is 0. The van der Waals surface area contributed by atoms with E-state index in [1.165, 1.54) is 7.05 Å². The van der Waals surface area contributed by atoms with Crippen LogP contribution in [0.2, 0.25) is 0 Å². The second-order valence-electron chi connectivity index (χ2n) is 7.43. The standard InChI is InChI=1S/C22H28N4O3/c1-4-20(27)16-10-11-21(14(2)12-16)29-13-18-17(15-8-9-15)6-5-7-19(18)26(24)22(28)25(3)23/h5-7,10-12,15H,4,8-9,13,23-24H2,1-3H3. The second kappa shape index (κ2) is 8.63. The molecule has 0 saturated heterocycles. The molecule has 0 bridgehead atoms. The van der Waals surface area contributed by atoms with Gasteiger partial charge >= 0.3 is 6.03 Å². The van der Waals surface area contributed by atoms with E-state index < -0.39 is 6.03 Å². The van der Waals surface area contributed by atoms with Gasteiger partial charge in [-0.3, -0.25) is 9.80 Å². The first-order valence-electron chi connectivity index (χ1n) is 9.79. The lowest BCUT2D eigenvalue weighted by atomic mass is 10.0. The molecule has 7 heteroatoms. The zero-order chi connectivity index (χ0) is 21.1. The number of Topliss-reactive ketones (excluding diaryl/α,β-unsaturated/α-hetero) is 1. The Morgan fingerprint density at radius 2 is 1.90 bits per heavy atom. The molecule has 1 fully saturated rings. The van der Waals surface area contributed by atoms with Crippen molar-refractivity contribution < 1.29 is 14.3 Å². The molecule has 2 amide bonds. The van der Waals surface area contributed by atoms with Crippen LogP contribution in [-0.2, 0) is 6.61 Å². The highest BCUT2D eigenvalue weighted by Gasteiger charge is 2.29. The molecule has 0 heterocycles. The lowest BCUT2D eigenvalue weighted by Gasteiger charge is -2.25. The first-order valence-corrected chi connectivity index (χ1v) is 9.79. The maximum atomic E-state index is 12.3. The second-order valence-corrected chi connectivity index (χ2v) is 7.43. The molecule has 0 radical (unpaired) electrons. The first kappa shape index (κ1) is 20.8. The monoisotopic (exact) mass is 396 g/mol. The fraction of sp³-hybridized carbons (Fsp3) is 0.364. The molecule has 154 valence electrons. The number of urea groups is 1. The molecule has 0 aliphatic heterocycles. The largest absolute Gasteiger partial charge is 0.489 e. The zero-order valence-corrected chi connectivity index (χ0v) is 17.1. The smallest absolute Gasteiger partial charge is 0.352 e. The molecule has 1 aliphatic rings. The van der Waals surface area contributed by atoms with Gasteiger partial charge in [0.25, 0.3) is 0 Å². The van der Waals surface area contributed by atoms with Gasteiger partial charge in [-0.25, -0.2) is 21.5 Å². The summed E-state index contributed by atoms with van der Waals surface area (Å²) in [6.45, 7) is 4.02. The molecule has 4 N–H and O–H groups in total. The molecule has 0 aromatic heterocycles. The van der Waals surface area contributed by atoms with Crippen LogP contribution in [0.15, 0.2) is 36.4 Å². The number of amides is 2. The predicted molar refractivity (Wildman–Crippen MR) is 113 cm³/mol. The number of nitrogens with two attached hydrogens (primary N) is 2. The lowest BCUT2D eigenvalue weighted by Crippen LogP contribution is -2.49. The topological polar surface area (TPSA) is 102 Å². The Balaban J connectivity index is 1.88. The van der Waals surface area contributed by atoms with Crippen molar-refractivity contribution in [1.29, 1.82) is 0 Å². The van der Waals surface area contributed by atoms with Crippen molar-refractivity contribution in [3.05, 3.63) is 58.7 Å². The van der Waals surface area contributed by atoms with Crippen LogP contribution in [0.1, 0.15) is 59.2 Å². The van der Waals surface area contributed by atoms with Gasteiger partial charge < -0.3 is 4.74 Å². The Morgan fingerprint density at radius 1 is 1.17 bits per heavy atom. The zero-order valence-electron chi connectivity index (χ0n) is 17.1. The summed E-state index contributed by atoms with van der Waals surface area (Å²) in [6.07, 6.45) is 2.69. The molecular weight excluding hydrogens is 368 g/mol. The van der Waals surface area contributed by atoms with Crippen LogP contribution < -0.4 is 21.4 Å². The van der Waals surface area contributed by atoms with Gasteiger partial charge in [-0.05, 0) is 61.1 Å². The minimum absolute atomic E-state index is 0.101. The number of ether oxygens (including phenoxy) is 1. The molecule has 0 atom stereocenters. The van der Waals surface area contributed by atoms with Crippen LogP contribution in [0.3, 0.4) is 0 Å².